The van der Waals surface area contributed by atoms with Crippen molar-refractivity contribution in [2.24, 2.45) is 11.8 Å². The van der Waals surface area contributed by atoms with Crippen LogP contribution >= 0.6 is 0 Å². The van der Waals surface area contributed by atoms with Gasteiger partial charge in [-0.2, -0.15) is 16.8 Å². The van der Waals surface area contributed by atoms with Crippen LogP contribution in [0.15, 0.2) is 0 Å². The molecule has 0 saturated heterocycles. The maximum absolute atomic E-state index is 12.6. The first-order valence-electron chi connectivity index (χ1n) is 7.26. The predicted molar refractivity (Wildman–Crippen MR) is 79.3 cm³/mol. The van der Waals surface area contributed by atoms with Gasteiger partial charge in [-0.25, -0.2) is 0 Å². The van der Waals surface area contributed by atoms with Crippen LogP contribution in [0.3, 0.4) is 0 Å². The molecule has 0 bridgehead atoms. The number of carboxylic acid groups (broad SMARTS) is 1. The normalized spacial score (nSPS) is 23.1. The highest BCUT2D eigenvalue weighted by Crippen LogP contribution is 2.29. The van der Waals surface area contributed by atoms with Crippen molar-refractivity contribution in [2.75, 3.05) is 31.1 Å². The van der Waals surface area contributed by atoms with Gasteiger partial charge in [0.15, 0.2) is 0 Å². The first-order valence-corrected chi connectivity index (χ1v) is 10.4. The van der Waals surface area contributed by atoms with E-state index in [0.29, 0.717) is 25.7 Å². The minimum absolute atomic E-state index is 0.0511. The van der Waals surface area contributed by atoms with E-state index >= 15 is 0 Å². The standard InChI is InChI=1S/C12H21F2NO6S2/c13-22(18,19)7-5-15(6-8-23(14,20)21)9-10-1-3-11(4-2-10)12(16)17/h10-11H,1-9H2,(H,16,17). The van der Waals surface area contributed by atoms with Gasteiger partial charge >= 0.3 is 26.4 Å². The molecule has 0 radical (unpaired) electrons. The summed E-state index contributed by atoms with van der Waals surface area (Å²) in [5, 5.41) is 8.93. The second-order valence-electron chi connectivity index (χ2n) is 5.84. The third-order valence-electron chi connectivity index (χ3n) is 4.02. The Labute approximate surface area is 135 Å². The molecule has 0 atom stereocenters. The molecule has 1 N–H and O–H groups in total. The van der Waals surface area contributed by atoms with Crippen LogP contribution in [0.5, 0.6) is 0 Å². The second-order valence-corrected chi connectivity index (χ2v) is 8.81. The van der Waals surface area contributed by atoms with Crippen LogP contribution < -0.4 is 0 Å². The zero-order valence-corrected chi connectivity index (χ0v) is 14.2. The molecule has 0 aromatic rings. The van der Waals surface area contributed by atoms with Crippen molar-refractivity contribution in [2.45, 2.75) is 25.7 Å². The summed E-state index contributed by atoms with van der Waals surface area (Å²) in [5.41, 5.74) is 0. The highest BCUT2D eigenvalue weighted by atomic mass is 32.3. The zero-order valence-electron chi connectivity index (χ0n) is 12.5. The van der Waals surface area contributed by atoms with Crippen LogP contribution in [-0.2, 0) is 25.2 Å². The van der Waals surface area contributed by atoms with E-state index in [1.165, 1.54) is 4.90 Å². The number of nitrogens with zero attached hydrogens (tertiary/aromatic N) is 1. The summed E-state index contributed by atoms with van der Waals surface area (Å²) in [7, 11) is -9.39. The van der Waals surface area contributed by atoms with Crippen LogP contribution in [-0.4, -0.2) is 64.0 Å². The molecule has 1 fully saturated rings. The van der Waals surface area contributed by atoms with Crippen LogP contribution in [0, 0.1) is 11.8 Å². The molecule has 0 aromatic heterocycles. The van der Waals surface area contributed by atoms with E-state index in [1.54, 1.807) is 0 Å². The average molecular weight is 377 g/mol. The average Bonchev–Trinajstić information content (AvgIpc) is 2.40. The van der Waals surface area contributed by atoms with Gasteiger partial charge in [0.05, 0.1) is 17.4 Å². The number of halogens is 2. The second kappa shape index (κ2) is 8.34. The molecule has 1 saturated carbocycles. The summed E-state index contributed by atoms with van der Waals surface area (Å²) >= 11 is 0. The van der Waals surface area contributed by atoms with Gasteiger partial charge in [0.1, 0.15) is 0 Å². The quantitative estimate of drug-likeness (QED) is 0.591. The SMILES string of the molecule is O=C(O)C1CCC(CN(CCS(=O)(=O)F)CCS(=O)(=O)F)CC1. The number of hydrogen-bond acceptors (Lipinski definition) is 6. The third kappa shape index (κ3) is 9.16. The van der Waals surface area contributed by atoms with Crippen molar-refractivity contribution in [1.29, 1.82) is 0 Å². The first-order chi connectivity index (χ1) is 10.5. The topological polar surface area (TPSA) is 109 Å². The summed E-state index contributed by atoms with van der Waals surface area (Å²) in [4.78, 5) is 12.3. The van der Waals surface area contributed by atoms with E-state index in [4.69, 9.17) is 5.11 Å². The molecule has 1 aliphatic carbocycles. The molecule has 23 heavy (non-hydrogen) atoms. The molecule has 0 amide bonds. The van der Waals surface area contributed by atoms with E-state index in [1.807, 2.05) is 0 Å². The van der Waals surface area contributed by atoms with Gasteiger partial charge in [-0.1, -0.05) is 0 Å². The first kappa shape index (κ1) is 20.2. The Morgan fingerprint density at radius 3 is 1.74 bits per heavy atom. The summed E-state index contributed by atoms with van der Waals surface area (Å²) in [5.74, 6) is -2.78. The fraction of sp³-hybridized carbons (Fsp3) is 0.917. The van der Waals surface area contributed by atoms with E-state index in [9.17, 15) is 29.4 Å². The fourth-order valence-corrected chi connectivity index (χ4v) is 3.68. The van der Waals surface area contributed by atoms with Crippen molar-refractivity contribution in [1.82, 2.24) is 4.90 Å². The Balaban J connectivity index is 2.56. The summed E-state index contributed by atoms with van der Waals surface area (Å²) < 4.78 is 67.6. The summed E-state index contributed by atoms with van der Waals surface area (Å²) in [6.07, 6.45) is 2.16. The monoisotopic (exact) mass is 377 g/mol. The maximum atomic E-state index is 12.6. The van der Waals surface area contributed by atoms with E-state index in [-0.39, 0.29) is 25.6 Å². The number of carbonyl (C=O) groups is 1. The molecule has 0 spiro atoms. The van der Waals surface area contributed by atoms with Gasteiger partial charge in [-0.3, -0.25) is 4.79 Å². The largest absolute Gasteiger partial charge is 0.481 e. The number of hydrogen-bond donors (Lipinski definition) is 1. The van der Waals surface area contributed by atoms with Crippen LogP contribution in [0.1, 0.15) is 25.7 Å². The van der Waals surface area contributed by atoms with Gasteiger partial charge in [-0.05, 0) is 31.6 Å². The fourth-order valence-electron chi connectivity index (χ4n) is 2.73. The number of carboxylic acids is 1. The highest BCUT2D eigenvalue weighted by molar-refractivity contribution is 7.86. The summed E-state index contributed by atoms with van der Waals surface area (Å²) in [6.45, 7) is -0.169. The lowest BCUT2D eigenvalue weighted by Crippen LogP contribution is -2.37. The highest BCUT2D eigenvalue weighted by Gasteiger charge is 2.27. The summed E-state index contributed by atoms with van der Waals surface area (Å²) in [6, 6.07) is 0. The smallest absolute Gasteiger partial charge is 0.306 e. The molecule has 1 aliphatic rings. The Bertz CT molecular complexity index is 563. The Kier molecular flexibility index (Phi) is 7.33. The molecule has 0 aliphatic heterocycles. The molecule has 136 valence electrons. The van der Waals surface area contributed by atoms with Crippen molar-refractivity contribution in [3.63, 3.8) is 0 Å². The molecule has 0 unspecified atom stereocenters. The Morgan fingerprint density at radius 2 is 1.39 bits per heavy atom. The van der Waals surface area contributed by atoms with Gasteiger partial charge in [0.2, 0.25) is 0 Å². The van der Waals surface area contributed by atoms with Crippen molar-refractivity contribution >= 4 is 26.4 Å². The molecule has 11 heteroatoms. The molecular formula is C12H21F2NO6S2. The lowest BCUT2D eigenvalue weighted by Gasteiger charge is -2.31. The molecule has 7 nitrogen and oxygen atoms in total. The van der Waals surface area contributed by atoms with Crippen molar-refractivity contribution < 1.29 is 34.5 Å². The Morgan fingerprint density at radius 1 is 0.957 bits per heavy atom. The van der Waals surface area contributed by atoms with E-state index in [0.717, 1.165) is 0 Å². The molecular weight excluding hydrogens is 356 g/mol. The molecule has 0 aromatic carbocycles. The molecule has 1 rings (SSSR count). The number of rotatable bonds is 9. The molecule has 0 heterocycles. The van der Waals surface area contributed by atoms with Gasteiger partial charge in [0.25, 0.3) is 0 Å². The minimum Gasteiger partial charge on any atom is -0.481 e. The Hall–Kier alpha value is -0.810. The van der Waals surface area contributed by atoms with E-state index in [2.05, 4.69) is 0 Å². The van der Waals surface area contributed by atoms with Crippen LogP contribution in [0.25, 0.3) is 0 Å². The third-order valence-corrected chi connectivity index (χ3v) is 5.36. The number of aliphatic carboxylic acids is 1. The predicted octanol–water partition coefficient (Wildman–Crippen LogP) is 0.778. The van der Waals surface area contributed by atoms with E-state index < -0.39 is 43.8 Å². The van der Waals surface area contributed by atoms with Crippen LogP contribution in [0.4, 0.5) is 7.77 Å². The maximum Gasteiger partial charge on any atom is 0.306 e. The van der Waals surface area contributed by atoms with Gasteiger partial charge in [-0.15, -0.1) is 7.77 Å². The van der Waals surface area contributed by atoms with Gasteiger partial charge < -0.3 is 10.0 Å². The van der Waals surface area contributed by atoms with Crippen LogP contribution in [0.2, 0.25) is 0 Å². The lowest BCUT2D eigenvalue weighted by molar-refractivity contribution is -0.143. The minimum atomic E-state index is -4.70. The lowest BCUT2D eigenvalue weighted by atomic mass is 9.82. The van der Waals surface area contributed by atoms with Crippen molar-refractivity contribution in [3.05, 3.63) is 0 Å². The zero-order chi connectivity index (χ0) is 17.7. The van der Waals surface area contributed by atoms with Gasteiger partial charge in [0, 0.05) is 19.6 Å². The van der Waals surface area contributed by atoms with Crippen molar-refractivity contribution in [3.8, 4) is 0 Å².